The van der Waals surface area contributed by atoms with E-state index >= 15 is 0 Å². The van der Waals surface area contributed by atoms with Crippen LogP contribution in [0.25, 0.3) is 0 Å². The van der Waals surface area contributed by atoms with Crippen LogP contribution in [-0.2, 0) is 29.3 Å². The van der Waals surface area contributed by atoms with E-state index in [1.165, 1.54) is 17.0 Å². The van der Waals surface area contributed by atoms with Crippen molar-refractivity contribution in [1.82, 2.24) is 0 Å². The highest BCUT2D eigenvalue weighted by molar-refractivity contribution is 7.48. The van der Waals surface area contributed by atoms with Crippen LogP contribution in [-0.4, -0.2) is 55.0 Å². The summed E-state index contributed by atoms with van der Waals surface area (Å²) in [5.74, 6) is -2.00. The number of allylic oxidation sites excluding steroid dienone is 8. The summed E-state index contributed by atoms with van der Waals surface area (Å²) in [7, 11) is -4.14. The first kappa shape index (κ1) is 41.0. The Morgan fingerprint density at radius 1 is 1.04 bits per heavy atom. The second-order valence-corrected chi connectivity index (χ2v) is 14.0. The number of hydrogen-bond acceptors (Lipinski definition) is 8. The van der Waals surface area contributed by atoms with Gasteiger partial charge in [0, 0.05) is 4.88 Å². The highest BCUT2D eigenvalue weighted by Crippen LogP contribution is 2.51. The van der Waals surface area contributed by atoms with E-state index in [2.05, 4.69) is 6.07 Å². The molecule has 2 N–H and O–H groups in total. The summed E-state index contributed by atoms with van der Waals surface area (Å²) >= 11 is 1.63. The van der Waals surface area contributed by atoms with Gasteiger partial charge in [0.15, 0.2) is 0 Å². The minimum Gasteiger partial charge on any atom is -0.497 e. The number of aliphatic hydroxyl groups is 2. The molecule has 1 aromatic rings. The minimum atomic E-state index is -4.48. The molecule has 0 aromatic carbocycles. The number of aryl methyl sites for hydroxylation is 2. The summed E-state index contributed by atoms with van der Waals surface area (Å²) in [5.41, 5.74) is 1.50. The Morgan fingerprint density at radius 3 is 2.27 bits per heavy atom. The number of halogens is 3. The molecule has 0 saturated heterocycles. The monoisotopic (exact) mass is 678 g/mol. The number of phosphoric acid groups is 1. The molecule has 45 heavy (non-hydrogen) atoms. The molecule has 0 fully saturated rings. The predicted molar refractivity (Wildman–Crippen MR) is 175 cm³/mol. The molecule has 1 aromatic heterocycles. The summed E-state index contributed by atoms with van der Waals surface area (Å²) in [6.45, 7) is 10.8. The molecule has 0 amide bonds. The van der Waals surface area contributed by atoms with Gasteiger partial charge in [-0.15, -0.1) is 11.3 Å². The molecule has 1 rings (SSSR count). The van der Waals surface area contributed by atoms with Gasteiger partial charge in [-0.2, -0.15) is 13.2 Å². The number of alkyl halides is 3. The average Bonchev–Trinajstić information content (AvgIpc) is 3.43. The van der Waals surface area contributed by atoms with Crippen LogP contribution >= 0.6 is 19.2 Å². The number of ether oxygens (including phenoxy) is 1. The maximum atomic E-state index is 13.5. The van der Waals surface area contributed by atoms with Gasteiger partial charge < -0.3 is 14.9 Å². The van der Waals surface area contributed by atoms with Gasteiger partial charge in [-0.1, -0.05) is 41.5 Å². The normalized spacial score (nSPS) is 17.4. The van der Waals surface area contributed by atoms with Gasteiger partial charge in [-0.3, -0.25) is 13.6 Å². The number of hydrogen-bond donors (Lipinski definition) is 2. The van der Waals surface area contributed by atoms with Gasteiger partial charge >= 0.3 is 14.0 Å². The Labute approximate surface area is 270 Å². The van der Waals surface area contributed by atoms with Gasteiger partial charge in [-0.05, 0) is 103 Å². The fourth-order valence-corrected chi connectivity index (χ4v) is 5.66. The molecule has 1 heterocycles. The van der Waals surface area contributed by atoms with Gasteiger partial charge in [0.05, 0.1) is 33.0 Å². The fraction of sp³-hybridized carbons (Fsp3) is 0.576. The second kappa shape index (κ2) is 20.3. The van der Waals surface area contributed by atoms with Gasteiger partial charge in [0.1, 0.15) is 17.3 Å². The molecular formula is C33H50F3O7PS. The van der Waals surface area contributed by atoms with Crippen molar-refractivity contribution >= 4 is 19.2 Å². The molecular weight excluding hydrogens is 628 g/mol. The zero-order valence-electron chi connectivity index (χ0n) is 27.5. The third kappa shape index (κ3) is 16.9. The molecule has 0 bridgehead atoms. The van der Waals surface area contributed by atoms with Gasteiger partial charge in [-0.25, -0.2) is 4.57 Å². The van der Waals surface area contributed by atoms with Gasteiger partial charge in [0.25, 0.3) is 0 Å². The molecule has 7 nitrogen and oxygen atoms in total. The molecule has 0 saturated carbocycles. The third-order valence-corrected chi connectivity index (χ3v) is 9.10. The van der Waals surface area contributed by atoms with E-state index in [1.807, 2.05) is 25.3 Å². The Hall–Kier alpha value is -1.98. The Morgan fingerprint density at radius 2 is 1.71 bits per heavy atom. The molecule has 0 aliphatic carbocycles. The van der Waals surface area contributed by atoms with Crippen LogP contribution in [0.5, 0.6) is 0 Å². The van der Waals surface area contributed by atoms with Crippen LogP contribution in [0, 0.1) is 12.8 Å². The number of thiophene rings is 1. The standard InChI is InChI=1S/C33H50F3O7PS/c1-8-10-12-27(5)21-42-44(39,41-20-25(3)9-2)43-24-32(38,23-37)17-16-26(4)14-15-31(29(7)33(34,35)36)40-18-11-13-30-19-28(6)45-22-30/h8-10,12,14-15,19,22,29,37-38H,11,13,16-18,20-21,23-24H2,1-7H3/b10-8-,25-9+,26-14+,27-12+,31-15+. The third-order valence-electron chi connectivity index (χ3n) is 6.85. The highest BCUT2D eigenvalue weighted by atomic mass is 32.1. The Kier molecular flexibility index (Phi) is 18.5. The van der Waals surface area contributed by atoms with Crippen LogP contribution in [0.3, 0.4) is 0 Å². The van der Waals surface area contributed by atoms with Crippen molar-refractivity contribution in [2.45, 2.75) is 85.9 Å². The molecule has 12 heteroatoms. The quantitative estimate of drug-likeness (QED) is 0.0440. The van der Waals surface area contributed by atoms with E-state index in [0.717, 1.165) is 23.6 Å². The Bertz CT molecular complexity index is 1230. The zero-order chi connectivity index (χ0) is 34.1. The molecule has 3 unspecified atom stereocenters. The van der Waals surface area contributed by atoms with E-state index in [4.69, 9.17) is 18.3 Å². The lowest BCUT2D eigenvalue weighted by atomic mass is 9.96. The SMILES string of the molecule is C/C=C\C=C(/C)COP(=O)(OC/C(C)=C/C)OCC(O)(CO)CC/C(C)=C/C=C(/OCCCc1csc(C)c1)C(C)C(F)(F)F. The van der Waals surface area contributed by atoms with E-state index < -0.39 is 38.7 Å². The van der Waals surface area contributed by atoms with Crippen molar-refractivity contribution in [1.29, 1.82) is 0 Å². The second-order valence-electron chi connectivity index (χ2n) is 11.2. The zero-order valence-corrected chi connectivity index (χ0v) is 29.2. The maximum Gasteiger partial charge on any atom is 0.475 e. The van der Waals surface area contributed by atoms with Crippen LogP contribution in [0.2, 0.25) is 0 Å². The van der Waals surface area contributed by atoms with Crippen LogP contribution in [0.1, 0.15) is 71.2 Å². The average molecular weight is 679 g/mol. The van der Waals surface area contributed by atoms with Crippen molar-refractivity contribution in [3.05, 3.63) is 80.8 Å². The van der Waals surface area contributed by atoms with Crippen LogP contribution < -0.4 is 0 Å². The molecule has 0 radical (unpaired) electrons. The number of aliphatic hydroxyl groups excluding tert-OH is 1. The lowest BCUT2D eigenvalue weighted by Gasteiger charge is -2.28. The van der Waals surface area contributed by atoms with Crippen LogP contribution in [0.4, 0.5) is 13.2 Å². The maximum absolute atomic E-state index is 13.5. The predicted octanol–water partition coefficient (Wildman–Crippen LogP) is 9.18. The van der Waals surface area contributed by atoms with E-state index in [0.29, 0.717) is 18.4 Å². The first-order valence-electron chi connectivity index (χ1n) is 14.9. The lowest BCUT2D eigenvalue weighted by Crippen LogP contribution is -2.38. The van der Waals surface area contributed by atoms with Gasteiger partial charge in [0.2, 0.25) is 0 Å². The van der Waals surface area contributed by atoms with Crippen molar-refractivity contribution in [2.75, 3.05) is 33.0 Å². The molecule has 3 atom stereocenters. The summed E-state index contributed by atoms with van der Waals surface area (Å²) in [4.78, 5) is 1.18. The fourth-order valence-electron chi connectivity index (χ4n) is 3.57. The number of phosphoric ester groups is 1. The summed E-state index contributed by atoms with van der Waals surface area (Å²) in [6, 6.07) is 2.05. The minimum absolute atomic E-state index is 0.0223. The Balaban J connectivity index is 2.92. The first-order valence-corrected chi connectivity index (χ1v) is 17.3. The lowest BCUT2D eigenvalue weighted by molar-refractivity contribution is -0.168. The molecule has 0 aliphatic heterocycles. The highest BCUT2D eigenvalue weighted by Gasteiger charge is 2.39. The summed E-state index contributed by atoms with van der Waals surface area (Å²) in [6.07, 6.45) is 7.00. The smallest absolute Gasteiger partial charge is 0.475 e. The van der Waals surface area contributed by atoms with Crippen molar-refractivity contribution in [3.8, 4) is 0 Å². The topological polar surface area (TPSA) is 94.5 Å². The van der Waals surface area contributed by atoms with E-state index in [1.54, 1.807) is 57.3 Å². The molecule has 256 valence electrons. The number of rotatable bonds is 21. The van der Waals surface area contributed by atoms with Crippen LogP contribution in [0.15, 0.2) is 70.4 Å². The first-order chi connectivity index (χ1) is 21.1. The largest absolute Gasteiger partial charge is 0.497 e. The molecule has 0 spiro atoms. The summed E-state index contributed by atoms with van der Waals surface area (Å²) in [5, 5.41) is 23.0. The summed E-state index contributed by atoms with van der Waals surface area (Å²) < 4.78 is 76.0. The van der Waals surface area contributed by atoms with E-state index in [9.17, 15) is 27.9 Å². The molecule has 0 aliphatic rings. The van der Waals surface area contributed by atoms with Crippen molar-refractivity contribution < 1.29 is 46.3 Å². The van der Waals surface area contributed by atoms with Crippen molar-refractivity contribution in [3.63, 3.8) is 0 Å². The van der Waals surface area contributed by atoms with E-state index in [-0.39, 0.29) is 38.4 Å². The van der Waals surface area contributed by atoms with Crippen molar-refractivity contribution in [2.24, 2.45) is 5.92 Å².